The molecule has 1 heterocycles. The molecule has 0 amide bonds. The van der Waals surface area contributed by atoms with Gasteiger partial charge in [0.2, 0.25) is 0 Å². The Morgan fingerprint density at radius 1 is 1.31 bits per heavy atom. The van der Waals surface area contributed by atoms with E-state index >= 15 is 0 Å². The van der Waals surface area contributed by atoms with Gasteiger partial charge in [0.1, 0.15) is 0 Å². The molecule has 1 aromatic carbocycles. The van der Waals surface area contributed by atoms with Crippen molar-refractivity contribution in [3.8, 4) is 0 Å². The van der Waals surface area contributed by atoms with Crippen LogP contribution in [0.15, 0.2) is 28.7 Å². The van der Waals surface area contributed by atoms with Gasteiger partial charge in [-0.25, -0.2) is 0 Å². The maximum absolute atomic E-state index is 3.69. The molecular weight excluding hydrogens is 264 g/mol. The van der Waals surface area contributed by atoms with Crippen LogP contribution in [0.2, 0.25) is 0 Å². The van der Waals surface area contributed by atoms with Gasteiger partial charge in [0.05, 0.1) is 0 Å². The summed E-state index contributed by atoms with van der Waals surface area (Å²) in [5.41, 5.74) is 2.57. The van der Waals surface area contributed by atoms with Crippen LogP contribution in [-0.2, 0) is 13.6 Å². The minimum Gasteiger partial charge on any atom is -0.345 e. The van der Waals surface area contributed by atoms with Crippen molar-refractivity contribution in [1.82, 2.24) is 9.88 Å². The van der Waals surface area contributed by atoms with Crippen LogP contribution in [0.3, 0.4) is 0 Å². The van der Waals surface area contributed by atoms with Crippen molar-refractivity contribution in [2.24, 2.45) is 7.05 Å². The second kappa shape index (κ2) is 4.60. The van der Waals surface area contributed by atoms with Crippen molar-refractivity contribution >= 4 is 26.8 Å². The fraction of sp³-hybridized carbons (Fsp3) is 0.385. The van der Waals surface area contributed by atoms with Crippen LogP contribution in [0.4, 0.5) is 0 Å². The maximum atomic E-state index is 3.69. The predicted molar refractivity (Wildman–Crippen MR) is 72.6 cm³/mol. The Kier molecular flexibility index (Phi) is 3.36. The van der Waals surface area contributed by atoms with Crippen LogP contribution in [0.1, 0.15) is 19.5 Å². The van der Waals surface area contributed by atoms with Gasteiger partial charge in [-0.05, 0) is 22.0 Å². The first-order valence-electron chi connectivity index (χ1n) is 5.56. The molecule has 0 atom stereocenters. The van der Waals surface area contributed by atoms with Gasteiger partial charge in [-0.2, -0.15) is 0 Å². The predicted octanol–water partition coefficient (Wildman–Crippen LogP) is 3.44. The highest BCUT2D eigenvalue weighted by Gasteiger charge is 2.11. The van der Waals surface area contributed by atoms with Gasteiger partial charge in [0, 0.05) is 40.7 Å². The topological polar surface area (TPSA) is 17.0 Å². The van der Waals surface area contributed by atoms with E-state index in [4.69, 9.17) is 0 Å². The molecule has 16 heavy (non-hydrogen) atoms. The average molecular weight is 281 g/mol. The van der Waals surface area contributed by atoms with Gasteiger partial charge in [0.15, 0.2) is 0 Å². The lowest BCUT2D eigenvalue weighted by atomic mass is 10.2. The first kappa shape index (κ1) is 11.7. The summed E-state index contributed by atoms with van der Waals surface area (Å²) in [5.74, 6) is 0. The smallest absolute Gasteiger partial charge is 0.0492 e. The lowest BCUT2D eigenvalue weighted by molar-refractivity contribution is 0.571. The summed E-state index contributed by atoms with van der Waals surface area (Å²) < 4.78 is 3.45. The summed E-state index contributed by atoms with van der Waals surface area (Å²) in [5, 5.41) is 4.74. The van der Waals surface area contributed by atoms with E-state index in [1.54, 1.807) is 0 Å². The summed E-state index contributed by atoms with van der Waals surface area (Å²) in [6.45, 7) is 5.22. The van der Waals surface area contributed by atoms with Crippen LogP contribution in [-0.4, -0.2) is 10.6 Å². The fourth-order valence-corrected chi connectivity index (χ4v) is 2.64. The van der Waals surface area contributed by atoms with E-state index in [0.29, 0.717) is 6.04 Å². The number of benzene rings is 1. The lowest BCUT2D eigenvalue weighted by Crippen LogP contribution is -2.23. The van der Waals surface area contributed by atoms with Gasteiger partial charge >= 0.3 is 0 Å². The van der Waals surface area contributed by atoms with Crippen molar-refractivity contribution < 1.29 is 0 Å². The molecule has 0 radical (unpaired) electrons. The molecule has 2 nitrogen and oxygen atoms in total. The Morgan fingerprint density at radius 2 is 2.00 bits per heavy atom. The van der Waals surface area contributed by atoms with Crippen molar-refractivity contribution in [3.63, 3.8) is 0 Å². The highest BCUT2D eigenvalue weighted by Crippen LogP contribution is 2.29. The monoisotopic (exact) mass is 280 g/mol. The van der Waals surface area contributed by atoms with Gasteiger partial charge in [-0.1, -0.05) is 32.0 Å². The largest absolute Gasteiger partial charge is 0.345 e. The number of rotatable bonds is 3. The van der Waals surface area contributed by atoms with Gasteiger partial charge in [-0.15, -0.1) is 0 Å². The second-order valence-corrected chi connectivity index (χ2v) is 5.17. The zero-order chi connectivity index (χ0) is 11.7. The molecule has 3 heteroatoms. The molecule has 0 saturated carbocycles. The second-order valence-electron chi connectivity index (χ2n) is 4.37. The van der Waals surface area contributed by atoms with E-state index in [-0.39, 0.29) is 0 Å². The van der Waals surface area contributed by atoms with Crippen LogP contribution in [0.25, 0.3) is 10.9 Å². The fourth-order valence-electron chi connectivity index (χ4n) is 1.90. The minimum atomic E-state index is 0.505. The van der Waals surface area contributed by atoms with E-state index in [0.717, 1.165) is 6.54 Å². The van der Waals surface area contributed by atoms with E-state index < -0.39 is 0 Å². The Balaban J connectivity index is 2.45. The number of aryl methyl sites for hydroxylation is 1. The molecule has 2 rings (SSSR count). The minimum absolute atomic E-state index is 0.505. The first-order chi connectivity index (χ1) is 7.61. The van der Waals surface area contributed by atoms with Crippen molar-refractivity contribution in [2.75, 3.05) is 0 Å². The molecule has 1 aromatic heterocycles. The molecule has 0 spiro atoms. The number of hydrogen-bond donors (Lipinski definition) is 1. The van der Waals surface area contributed by atoms with E-state index in [1.165, 1.54) is 21.1 Å². The molecular formula is C13H17BrN2. The summed E-state index contributed by atoms with van der Waals surface area (Å²) in [6.07, 6.45) is 0. The third kappa shape index (κ3) is 2.02. The number of hydrogen-bond acceptors (Lipinski definition) is 1. The zero-order valence-electron chi connectivity index (χ0n) is 9.92. The molecule has 2 aromatic rings. The highest BCUT2D eigenvalue weighted by molar-refractivity contribution is 9.10. The standard InChI is InChI=1S/C13H17BrN2/c1-9(2)15-8-12-13(14)10-6-4-5-7-11(10)16(12)3/h4-7,9,15H,8H2,1-3H3. The molecule has 0 bridgehead atoms. The Morgan fingerprint density at radius 3 is 2.62 bits per heavy atom. The third-order valence-electron chi connectivity index (χ3n) is 2.84. The van der Waals surface area contributed by atoms with Crippen LogP contribution >= 0.6 is 15.9 Å². The number of fused-ring (bicyclic) bond motifs is 1. The quantitative estimate of drug-likeness (QED) is 0.912. The van der Waals surface area contributed by atoms with Gasteiger partial charge in [-0.3, -0.25) is 0 Å². The lowest BCUT2D eigenvalue weighted by Gasteiger charge is -2.09. The number of nitrogens with zero attached hydrogens (tertiary/aromatic N) is 1. The Bertz CT molecular complexity index is 461. The Hall–Kier alpha value is -0.800. The maximum Gasteiger partial charge on any atom is 0.0492 e. The van der Waals surface area contributed by atoms with E-state index in [1.807, 2.05) is 0 Å². The van der Waals surface area contributed by atoms with Gasteiger partial charge < -0.3 is 9.88 Å². The van der Waals surface area contributed by atoms with E-state index in [2.05, 4.69) is 71.0 Å². The van der Waals surface area contributed by atoms with E-state index in [9.17, 15) is 0 Å². The molecule has 0 aliphatic rings. The summed E-state index contributed by atoms with van der Waals surface area (Å²) >= 11 is 3.69. The number of aromatic nitrogens is 1. The zero-order valence-corrected chi connectivity index (χ0v) is 11.5. The molecule has 1 N–H and O–H groups in total. The molecule has 86 valence electrons. The summed E-state index contributed by atoms with van der Waals surface area (Å²) in [4.78, 5) is 0. The number of halogens is 1. The SMILES string of the molecule is CC(C)NCc1c(Br)c2ccccc2n1C. The normalized spacial score (nSPS) is 11.6. The average Bonchev–Trinajstić information content (AvgIpc) is 2.50. The van der Waals surface area contributed by atoms with Crippen LogP contribution < -0.4 is 5.32 Å². The van der Waals surface area contributed by atoms with Crippen molar-refractivity contribution in [1.29, 1.82) is 0 Å². The van der Waals surface area contributed by atoms with Crippen LogP contribution in [0.5, 0.6) is 0 Å². The summed E-state index contributed by atoms with van der Waals surface area (Å²) in [6, 6.07) is 8.96. The number of nitrogens with one attached hydrogen (secondary N) is 1. The van der Waals surface area contributed by atoms with Crippen molar-refractivity contribution in [3.05, 3.63) is 34.4 Å². The Labute approximate surface area is 105 Å². The third-order valence-corrected chi connectivity index (χ3v) is 3.72. The van der Waals surface area contributed by atoms with Gasteiger partial charge in [0.25, 0.3) is 0 Å². The molecule has 0 aliphatic heterocycles. The summed E-state index contributed by atoms with van der Waals surface area (Å²) in [7, 11) is 2.12. The van der Waals surface area contributed by atoms with Crippen molar-refractivity contribution in [2.45, 2.75) is 26.4 Å². The molecule has 0 unspecified atom stereocenters. The highest BCUT2D eigenvalue weighted by atomic mass is 79.9. The first-order valence-corrected chi connectivity index (χ1v) is 6.35. The number of para-hydroxylation sites is 1. The molecule has 0 fully saturated rings. The molecule has 0 aliphatic carbocycles. The van der Waals surface area contributed by atoms with Crippen LogP contribution in [0, 0.1) is 0 Å². The molecule has 0 saturated heterocycles.